The highest BCUT2D eigenvalue weighted by Crippen LogP contribution is 2.37. The number of likely N-dealkylation sites (tertiary alicyclic amines) is 1. The van der Waals surface area contributed by atoms with E-state index < -0.39 is 0 Å². The van der Waals surface area contributed by atoms with Gasteiger partial charge in [0.1, 0.15) is 0 Å². The molecule has 92 valence electrons. The maximum atomic E-state index is 8.16. The van der Waals surface area contributed by atoms with E-state index in [0.717, 1.165) is 37.5 Å². The van der Waals surface area contributed by atoms with E-state index in [1.165, 1.54) is 12.8 Å². The molecular formula is C13H19N3O. The van der Waals surface area contributed by atoms with Gasteiger partial charge in [0.05, 0.1) is 6.26 Å². The zero-order valence-corrected chi connectivity index (χ0v) is 10.3. The van der Waals surface area contributed by atoms with Gasteiger partial charge in [-0.1, -0.05) is 0 Å². The summed E-state index contributed by atoms with van der Waals surface area (Å²) in [5.74, 6) is 1.27. The molecular weight excluding hydrogens is 214 g/mol. The van der Waals surface area contributed by atoms with E-state index in [1.807, 2.05) is 13.0 Å². The maximum Gasteiger partial charge on any atom is 0.171 e. The van der Waals surface area contributed by atoms with E-state index in [0.29, 0.717) is 11.3 Å². The molecule has 2 N–H and O–H groups in total. The van der Waals surface area contributed by atoms with E-state index in [1.54, 1.807) is 6.26 Å². The van der Waals surface area contributed by atoms with E-state index in [4.69, 9.17) is 9.83 Å². The lowest BCUT2D eigenvalue weighted by atomic mass is 9.74. The monoisotopic (exact) mass is 233 g/mol. The summed E-state index contributed by atoms with van der Waals surface area (Å²) in [6, 6.07) is 1.92. The van der Waals surface area contributed by atoms with Crippen molar-refractivity contribution in [2.24, 2.45) is 5.41 Å². The second-order valence-corrected chi connectivity index (χ2v) is 5.42. The third-order valence-electron chi connectivity index (χ3n) is 4.01. The van der Waals surface area contributed by atoms with Crippen LogP contribution in [0.4, 0.5) is 0 Å². The minimum Gasteiger partial charge on any atom is -0.461 e. The quantitative estimate of drug-likeness (QED) is 0.572. The van der Waals surface area contributed by atoms with Gasteiger partial charge in [-0.05, 0) is 37.9 Å². The van der Waals surface area contributed by atoms with Crippen molar-refractivity contribution in [2.75, 3.05) is 26.2 Å². The maximum absolute atomic E-state index is 8.16. The summed E-state index contributed by atoms with van der Waals surface area (Å²) >= 11 is 0. The van der Waals surface area contributed by atoms with Crippen LogP contribution in [-0.4, -0.2) is 36.9 Å². The van der Waals surface area contributed by atoms with Crippen LogP contribution in [0.1, 0.15) is 24.2 Å². The molecule has 2 saturated heterocycles. The predicted octanol–water partition coefficient (Wildman–Crippen LogP) is 1.60. The van der Waals surface area contributed by atoms with Crippen LogP contribution in [0, 0.1) is 17.7 Å². The smallest absolute Gasteiger partial charge is 0.171 e. The molecule has 1 aromatic heterocycles. The molecule has 0 atom stereocenters. The molecule has 0 unspecified atom stereocenters. The molecule has 0 saturated carbocycles. The van der Waals surface area contributed by atoms with Crippen molar-refractivity contribution in [1.29, 1.82) is 5.41 Å². The van der Waals surface area contributed by atoms with Gasteiger partial charge in [0.2, 0.25) is 0 Å². The number of nitrogens with one attached hydrogen (secondary N) is 2. The number of hydrogen-bond acceptors (Lipinski definition) is 3. The van der Waals surface area contributed by atoms with Gasteiger partial charge in [-0.2, -0.15) is 0 Å². The van der Waals surface area contributed by atoms with Gasteiger partial charge in [-0.15, -0.1) is 0 Å². The third kappa shape index (κ3) is 1.76. The fraction of sp³-hybridized carbons (Fsp3) is 0.615. The highest BCUT2D eigenvalue weighted by molar-refractivity contribution is 5.95. The minimum atomic E-state index is 0.422. The summed E-state index contributed by atoms with van der Waals surface area (Å²) in [6.45, 7) is 6.24. The Balaban J connectivity index is 1.65. The molecule has 2 aliphatic heterocycles. The van der Waals surface area contributed by atoms with Crippen LogP contribution in [0.15, 0.2) is 16.7 Å². The second kappa shape index (κ2) is 3.88. The summed E-state index contributed by atoms with van der Waals surface area (Å²) in [5, 5.41) is 11.6. The molecule has 1 aromatic rings. The Hall–Kier alpha value is -1.29. The van der Waals surface area contributed by atoms with Gasteiger partial charge < -0.3 is 14.6 Å². The van der Waals surface area contributed by atoms with Crippen molar-refractivity contribution in [3.63, 3.8) is 0 Å². The van der Waals surface area contributed by atoms with Gasteiger partial charge in [-0.3, -0.25) is 5.41 Å². The van der Waals surface area contributed by atoms with Crippen LogP contribution < -0.4 is 5.32 Å². The number of rotatable bonds is 1. The lowest BCUT2D eigenvalue weighted by Gasteiger charge is -2.53. The Kier molecular flexibility index (Phi) is 2.47. The number of nitrogens with zero attached hydrogens (tertiary/aromatic N) is 1. The zero-order chi connectivity index (χ0) is 11.9. The molecule has 0 amide bonds. The van der Waals surface area contributed by atoms with E-state index in [9.17, 15) is 0 Å². The second-order valence-electron chi connectivity index (χ2n) is 5.42. The average Bonchev–Trinajstić information content (AvgIpc) is 2.72. The van der Waals surface area contributed by atoms with Crippen LogP contribution in [-0.2, 0) is 0 Å². The summed E-state index contributed by atoms with van der Waals surface area (Å²) < 4.78 is 5.38. The van der Waals surface area contributed by atoms with Crippen LogP contribution in [0.5, 0.6) is 0 Å². The van der Waals surface area contributed by atoms with Gasteiger partial charge in [0.25, 0.3) is 0 Å². The molecule has 0 aromatic carbocycles. The van der Waals surface area contributed by atoms with Gasteiger partial charge >= 0.3 is 0 Å². The third-order valence-corrected chi connectivity index (χ3v) is 4.01. The van der Waals surface area contributed by atoms with Gasteiger partial charge in [-0.25, -0.2) is 0 Å². The minimum absolute atomic E-state index is 0.422. The highest BCUT2D eigenvalue weighted by Gasteiger charge is 2.45. The van der Waals surface area contributed by atoms with Crippen molar-refractivity contribution >= 4 is 5.84 Å². The van der Waals surface area contributed by atoms with Gasteiger partial charge in [0, 0.05) is 25.0 Å². The van der Waals surface area contributed by atoms with Crippen molar-refractivity contribution in [3.8, 4) is 0 Å². The standard InChI is InChI=1S/C13H19N3O/c1-10-3-6-17-11(10)12(14)16-8-13(9-16)4-2-5-15-7-13/h3,6,14-15H,2,4-5,7-9H2,1H3. The molecule has 2 aliphatic rings. The first-order chi connectivity index (χ1) is 8.20. The Bertz CT molecular complexity index is 424. The SMILES string of the molecule is Cc1ccoc1C(=N)N1CC2(CCCNC2)C1. The molecule has 0 aliphatic carbocycles. The van der Waals surface area contributed by atoms with Crippen LogP contribution in [0.3, 0.4) is 0 Å². The largest absolute Gasteiger partial charge is 0.461 e. The molecule has 1 spiro atoms. The molecule has 2 fully saturated rings. The first kappa shape index (κ1) is 10.8. The summed E-state index contributed by atoms with van der Waals surface area (Å²) in [4.78, 5) is 2.12. The predicted molar refractivity (Wildman–Crippen MR) is 66.4 cm³/mol. The summed E-state index contributed by atoms with van der Waals surface area (Å²) in [5.41, 5.74) is 1.48. The van der Waals surface area contributed by atoms with E-state index in [2.05, 4.69) is 10.2 Å². The molecule has 3 heterocycles. The number of aryl methyl sites for hydroxylation is 1. The lowest BCUT2D eigenvalue weighted by Crippen LogP contribution is -2.63. The normalized spacial score (nSPS) is 22.5. The summed E-state index contributed by atoms with van der Waals surface area (Å²) in [7, 11) is 0. The first-order valence-corrected chi connectivity index (χ1v) is 6.29. The number of hydrogen-bond donors (Lipinski definition) is 2. The van der Waals surface area contributed by atoms with E-state index >= 15 is 0 Å². The van der Waals surface area contributed by atoms with Crippen molar-refractivity contribution < 1.29 is 4.42 Å². The Labute approximate surface area is 101 Å². The van der Waals surface area contributed by atoms with Gasteiger partial charge in [0.15, 0.2) is 11.6 Å². The zero-order valence-electron chi connectivity index (χ0n) is 10.3. The Morgan fingerprint density at radius 1 is 1.53 bits per heavy atom. The Morgan fingerprint density at radius 2 is 2.35 bits per heavy atom. The van der Waals surface area contributed by atoms with Crippen LogP contribution in [0.25, 0.3) is 0 Å². The average molecular weight is 233 g/mol. The van der Waals surface area contributed by atoms with Crippen molar-refractivity contribution in [2.45, 2.75) is 19.8 Å². The van der Waals surface area contributed by atoms with E-state index in [-0.39, 0.29) is 0 Å². The molecule has 17 heavy (non-hydrogen) atoms. The topological polar surface area (TPSA) is 52.3 Å². The number of amidine groups is 1. The fourth-order valence-corrected chi connectivity index (χ4v) is 2.98. The number of piperidine rings is 1. The van der Waals surface area contributed by atoms with Crippen molar-refractivity contribution in [1.82, 2.24) is 10.2 Å². The molecule has 4 nitrogen and oxygen atoms in total. The number of furan rings is 1. The molecule has 4 heteroatoms. The van der Waals surface area contributed by atoms with Crippen LogP contribution in [0.2, 0.25) is 0 Å². The summed E-state index contributed by atoms with van der Waals surface area (Å²) in [6.07, 6.45) is 4.22. The first-order valence-electron chi connectivity index (χ1n) is 6.29. The fourth-order valence-electron chi connectivity index (χ4n) is 2.98. The molecule has 0 radical (unpaired) electrons. The lowest BCUT2D eigenvalue weighted by molar-refractivity contribution is 0.0325. The molecule has 3 rings (SSSR count). The van der Waals surface area contributed by atoms with Crippen LogP contribution >= 0.6 is 0 Å². The Morgan fingerprint density at radius 3 is 2.94 bits per heavy atom. The van der Waals surface area contributed by atoms with Crippen molar-refractivity contribution in [3.05, 3.63) is 23.7 Å². The molecule has 0 bridgehead atoms. The highest BCUT2D eigenvalue weighted by atomic mass is 16.3.